The van der Waals surface area contributed by atoms with Crippen LogP contribution >= 0.6 is 0 Å². The van der Waals surface area contributed by atoms with Gasteiger partial charge >= 0.3 is 11.9 Å². The Morgan fingerprint density at radius 2 is 1.74 bits per heavy atom. The smallest absolute Gasteiger partial charge is 0.307 e. The van der Waals surface area contributed by atoms with E-state index in [0.29, 0.717) is 23.9 Å². The highest BCUT2D eigenvalue weighted by atomic mass is 16.5. The summed E-state index contributed by atoms with van der Waals surface area (Å²) in [5, 5.41) is 18.8. The van der Waals surface area contributed by atoms with Gasteiger partial charge in [-0.2, -0.15) is 0 Å². The molecule has 0 aromatic carbocycles. The van der Waals surface area contributed by atoms with Gasteiger partial charge in [0.05, 0.1) is 33.7 Å². The molecule has 27 heavy (non-hydrogen) atoms. The third kappa shape index (κ3) is 17.5. The highest BCUT2D eigenvalue weighted by molar-refractivity contribution is 5.71. The lowest BCUT2D eigenvalue weighted by atomic mass is 10.1. The minimum absolute atomic E-state index is 0.165. The summed E-state index contributed by atoms with van der Waals surface area (Å²) >= 11 is 0. The zero-order chi connectivity index (χ0) is 20.7. The van der Waals surface area contributed by atoms with Crippen LogP contribution in [0.15, 0.2) is 24.3 Å². The van der Waals surface area contributed by atoms with Gasteiger partial charge in [0.25, 0.3) is 0 Å². The van der Waals surface area contributed by atoms with Crippen molar-refractivity contribution in [1.82, 2.24) is 0 Å². The molecule has 0 aliphatic heterocycles. The van der Waals surface area contributed by atoms with Crippen molar-refractivity contribution in [2.75, 3.05) is 27.7 Å². The molecule has 0 fully saturated rings. The Morgan fingerprint density at radius 1 is 1.07 bits per heavy atom. The van der Waals surface area contributed by atoms with Crippen LogP contribution in [-0.4, -0.2) is 66.5 Å². The van der Waals surface area contributed by atoms with E-state index < -0.39 is 12.1 Å². The van der Waals surface area contributed by atoms with E-state index in [2.05, 4.69) is 0 Å². The summed E-state index contributed by atoms with van der Waals surface area (Å²) in [6, 6.07) is 0. The van der Waals surface area contributed by atoms with Crippen LogP contribution in [0.3, 0.4) is 0 Å². The molecule has 2 atom stereocenters. The summed E-state index contributed by atoms with van der Waals surface area (Å²) < 4.78 is 5.90. The highest BCUT2D eigenvalue weighted by Gasteiger charge is 2.24. The van der Waals surface area contributed by atoms with Crippen molar-refractivity contribution < 1.29 is 29.0 Å². The number of carboxylic acid groups (broad SMARTS) is 1. The molecule has 0 saturated carbocycles. The molecule has 6 nitrogen and oxygen atoms in total. The predicted octanol–water partition coefficient (Wildman–Crippen LogP) is 3.30. The first-order valence-corrected chi connectivity index (χ1v) is 9.81. The van der Waals surface area contributed by atoms with Crippen molar-refractivity contribution in [1.29, 1.82) is 0 Å². The standard InChI is InChI=1S/C21H37NO5/c1-5-6-7-10-13-18(23)14-11-8-9-12-15-21(26)27-19(16-20(24)25)17-22(2,3)4/h5-7,10,18-19,23H,8-9,11-17H2,1-4H3/p+1/b6-5+,10-7+. The molecule has 0 radical (unpaired) electrons. The third-order valence-electron chi connectivity index (χ3n) is 3.97. The second kappa shape index (κ2) is 14.4. The number of hydrogen-bond donors (Lipinski definition) is 2. The van der Waals surface area contributed by atoms with Crippen molar-refractivity contribution in [3.05, 3.63) is 24.3 Å². The largest absolute Gasteiger partial charge is 0.481 e. The molecule has 156 valence electrons. The fourth-order valence-corrected chi connectivity index (χ4v) is 2.74. The zero-order valence-electron chi connectivity index (χ0n) is 17.4. The molecule has 2 N–H and O–H groups in total. The number of aliphatic hydroxyl groups is 1. The molecule has 0 rings (SSSR count). The normalized spacial score (nSPS) is 14.6. The number of quaternary nitrogens is 1. The van der Waals surface area contributed by atoms with E-state index >= 15 is 0 Å². The minimum atomic E-state index is -0.958. The number of aliphatic carboxylic acids is 1. The average Bonchev–Trinajstić information content (AvgIpc) is 2.52. The molecular weight excluding hydrogens is 346 g/mol. The summed E-state index contributed by atoms with van der Waals surface area (Å²) in [5.74, 6) is -1.29. The van der Waals surface area contributed by atoms with Gasteiger partial charge in [-0.3, -0.25) is 9.59 Å². The van der Waals surface area contributed by atoms with Crippen LogP contribution in [0.2, 0.25) is 0 Å². The maximum atomic E-state index is 12.0. The van der Waals surface area contributed by atoms with Crippen LogP contribution in [0.4, 0.5) is 0 Å². The number of carboxylic acids is 1. The summed E-state index contributed by atoms with van der Waals surface area (Å²) in [7, 11) is 5.81. The van der Waals surface area contributed by atoms with Gasteiger partial charge in [-0.15, -0.1) is 0 Å². The summed E-state index contributed by atoms with van der Waals surface area (Å²) in [4.78, 5) is 22.9. The van der Waals surface area contributed by atoms with Crippen LogP contribution in [0, 0.1) is 0 Å². The Labute approximate surface area is 164 Å². The Balaban J connectivity index is 3.92. The number of rotatable bonds is 15. The lowest BCUT2D eigenvalue weighted by Crippen LogP contribution is -2.43. The molecule has 0 amide bonds. The molecular formula is C21H38NO5+. The molecule has 0 saturated heterocycles. The van der Waals surface area contributed by atoms with Crippen LogP contribution < -0.4 is 0 Å². The molecule has 0 heterocycles. The second-order valence-electron chi connectivity index (χ2n) is 7.98. The number of allylic oxidation sites excluding steroid dienone is 3. The van der Waals surface area contributed by atoms with Crippen molar-refractivity contribution in [3.63, 3.8) is 0 Å². The SMILES string of the molecule is C/C=C/C=C/CC(O)CCCCCCC(=O)OC(CC(=O)O)C[N+](C)(C)C. The first-order valence-electron chi connectivity index (χ1n) is 9.81. The van der Waals surface area contributed by atoms with Crippen molar-refractivity contribution in [2.45, 2.75) is 70.5 Å². The Bertz CT molecular complexity index is 479. The van der Waals surface area contributed by atoms with E-state index in [1.807, 2.05) is 52.4 Å². The lowest BCUT2D eigenvalue weighted by molar-refractivity contribution is -0.873. The van der Waals surface area contributed by atoms with Crippen LogP contribution in [0.25, 0.3) is 0 Å². The van der Waals surface area contributed by atoms with Gasteiger partial charge in [0.1, 0.15) is 6.54 Å². The van der Waals surface area contributed by atoms with Gasteiger partial charge in [-0.05, 0) is 26.2 Å². The minimum Gasteiger partial charge on any atom is -0.481 e. The van der Waals surface area contributed by atoms with E-state index in [4.69, 9.17) is 9.84 Å². The summed E-state index contributed by atoms with van der Waals surface area (Å²) in [5.41, 5.74) is 0. The third-order valence-corrected chi connectivity index (χ3v) is 3.97. The Hall–Kier alpha value is -1.66. The summed E-state index contributed by atoms with van der Waals surface area (Å²) in [6.45, 7) is 2.42. The number of unbranched alkanes of at least 4 members (excludes halogenated alkanes) is 3. The van der Waals surface area contributed by atoms with Crippen LogP contribution in [-0.2, 0) is 14.3 Å². The molecule has 6 heteroatoms. The molecule has 0 aromatic heterocycles. The Morgan fingerprint density at radius 3 is 2.33 bits per heavy atom. The number of ether oxygens (including phenoxy) is 1. The van der Waals surface area contributed by atoms with Gasteiger partial charge in [0.15, 0.2) is 6.10 Å². The van der Waals surface area contributed by atoms with E-state index in [1.165, 1.54) is 0 Å². The fourth-order valence-electron chi connectivity index (χ4n) is 2.74. The molecule has 0 aliphatic carbocycles. The number of carbonyl (C=O) groups is 2. The van der Waals surface area contributed by atoms with Crippen molar-refractivity contribution in [3.8, 4) is 0 Å². The van der Waals surface area contributed by atoms with Crippen LogP contribution in [0.5, 0.6) is 0 Å². The zero-order valence-corrected chi connectivity index (χ0v) is 17.4. The second-order valence-corrected chi connectivity index (χ2v) is 7.98. The number of aliphatic hydroxyl groups excluding tert-OH is 1. The van der Waals surface area contributed by atoms with Gasteiger partial charge < -0.3 is 19.4 Å². The van der Waals surface area contributed by atoms with Gasteiger partial charge in [-0.1, -0.05) is 43.6 Å². The number of hydrogen-bond acceptors (Lipinski definition) is 4. The monoisotopic (exact) mass is 384 g/mol. The maximum absolute atomic E-state index is 12.0. The first-order chi connectivity index (χ1) is 12.6. The number of carbonyl (C=O) groups excluding carboxylic acids is 1. The van der Waals surface area contributed by atoms with E-state index in [-0.39, 0.29) is 18.5 Å². The topological polar surface area (TPSA) is 83.8 Å². The average molecular weight is 385 g/mol. The quantitative estimate of drug-likeness (QED) is 0.196. The molecule has 0 bridgehead atoms. The van der Waals surface area contributed by atoms with Gasteiger partial charge in [-0.25, -0.2) is 0 Å². The predicted molar refractivity (Wildman–Crippen MR) is 107 cm³/mol. The molecule has 0 aromatic rings. The Kier molecular flexibility index (Phi) is 13.5. The number of esters is 1. The van der Waals surface area contributed by atoms with Gasteiger partial charge in [0.2, 0.25) is 0 Å². The highest BCUT2D eigenvalue weighted by Crippen LogP contribution is 2.12. The molecule has 2 unspecified atom stereocenters. The van der Waals surface area contributed by atoms with Crippen molar-refractivity contribution >= 4 is 11.9 Å². The number of nitrogens with zero attached hydrogens (tertiary/aromatic N) is 1. The van der Waals surface area contributed by atoms with Crippen LogP contribution in [0.1, 0.15) is 58.3 Å². The van der Waals surface area contributed by atoms with E-state index in [9.17, 15) is 14.7 Å². The summed E-state index contributed by atoms with van der Waals surface area (Å²) in [6.07, 6.45) is 11.9. The van der Waals surface area contributed by atoms with E-state index in [1.54, 1.807) is 0 Å². The fraction of sp³-hybridized carbons (Fsp3) is 0.714. The molecule has 0 spiro atoms. The van der Waals surface area contributed by atoms with E-state index in [0.717, 1.165) is 32.1 Å². The molecule has 0 aliphatic rings. The number of likely N-dealkylation sites (N-methyl/N-ethyl adjacent to an activating group) is 1. The lowest BCUT2D eigenvalue weighted by Gasteiger charge is -2.28. The maximum Gasteiger partial charge on any atom is 0.307 e. The van der Waals surface area contributed by atoms with Crippen molar-refractivity contribution in [2.24, 2.45) is 0 Å². The van der Waals surface area contributed by atoms with Gasteiger partial charge in [0, 0.05) is 6.42 Å². The first kappa shape index (κ1) is 25.3.